The number of urea groups is 1. The molecule has 150 valence electrons. The third-order valence-electron chi connectivity index (χ3n) is 5.08. The van der Waals surface area contributed by atoms with Crippen LogP contribution in [0.5, 0.6) is 17.4 Å². The lowest BCUT2D eigenvalue weighted by molar-refractivity contribution is 0.209. The maximum absolute atomic E-state index is 12.6. The summed E-state index contributed by atoms with van der Waals surface area (Å²) in [4.78, 5) is 18.8. The fourth-order valence-electron chi connectivity index (χ4n) is 3.61. The van der Waals surface area contributed by atoms with Gasteiger partial charge in [-0.3, -0.25) is 0 Å². The molecule has 0 radical (unpaired) electrons. The molecule has 3 aliphatic heterocycles. The molecule has 2 atom stereocenters. The van der Waals surface area contributed by atoms with Crippen molar-refractivity contribution in [3.8, 4) is 17.4 Å². The van der Waals surface area contributed by atoms with Gasteiger partial charge in [0.15, 0.2) is 0 Å². The number of hydrogen-bond acceptors (Lipinski definition) is 5. The number of carbonyl (C=O) groups excluding carboxylic acids is 1. The maximum atomic E-state index is 12.6. The molecule has 7 nitrogen and oxygen atoms in total. The fraction of sp³-hybridized carbons (Fsp3) is 0.400. The summed E-state index contributed by atoms with van der Waals surface area (Å²) in [6, 6.07) is 11.2. The van der Waals surface area contributed by atoms with E-state index in [2.05, 4.69) is 15.6 Å². The smallest absolute Gasteiger partial charge is 0.321 e. The number of pyridine rings is 1. The van der Waals surface area contributed by atoms with Crippen LogP contribution in [0.15, 0.2) is 42.6 Å². The number of methoxy groups -OCH3 is 1. The molecule has 3 saturated heterocycles. The standard InChI is InChI=1S/C20H24N4O3.ClH/c1-26-17-3-2-4-18(9-17)27-19-8-7-15(11-22-19)23-20(25)24-12-14-5-6-16(13-24)21-10-14;/h2-4,7-9,11,14,16,21H,5-6,10,12-13H2,1H3,(H,23,25);1H/t14-,16-;/m0./s1. The van der Waals surface area contributed by atoms with E-state index in [1.165, 1.54) is 6.42 Å². The Labute approximate surface area is 170 Å². The minimum absolute atomic E-state index is 0. The van der Waals surface area contributed by atoms with Crippen molar-refractivity contribution in [1.29, 1.82) is 0 Å². The Kier molecular flexibility index (Phi) is 6.59. The molecule has 28 heavy (non-hydrogen) atoms. The number of nitrogens with zero attached hydrogens (tertiary/aromatic N) is 2. The molecule has 0 saturated carbocycles. The van der Waals surface area contributed by atoms with Crippen LogP contribution in [0, 0.1) is 5.92 Å². The topological polar surface area (TPSA) is 75.7 Å². The molecule has 1 aromatic heterocycles. The number of aromatic nitrogens is 1. The van der Waals surface area contributed by atoms with Crippen molar-refractivity contribution in [2.24, 2.45) is 5.92 Å². The summed E-state index contributed by atoms with van der Waals surface area (Å²) in [6.07, 6.45) is 3.95. The van der Waals surface area contributed by atoms with E-state index in [4.69, 9.17) is 9.47 Å². The molecular formula is C20H25ClN4O3. The van der Waals surface area contributed by atoms with E-state index in [0.717, 1.165) is 31.8 Å². The van der Waals surface area contributed by atoms with Crippen LogP contribution in [0.25, 0.3) is 0 Å². The van der Waals surface area contributed by atoms with E-state index in [-0.39, 0.29) is 18.4 Å². The first kappa shape index (κ1) is 20.2. The summed E-state index contributed by atoms with van der Waals surface area (Å²) in [5.41, 5.74) is 0.655. The van der Waals surface area contributed by atoms with Gasteiger partial charge in [-0.05, 0) is 43.5 Å². The molecule has 3 aliphatic rings. The molecule has 0 aliphatic carbocycles. The van der Waals surface area contributed by atoms with E-state index in [0.29, 0.717) is 29.3 Å². The first-order valence-electron chi connectivity index (χ1n) is 9.27. The van der Waals surface area contributed by atoms with Gasteiger partial charge in [-0.25, -0.2) is 9.78 Å². The number of anilines is 1. The molecule has 3 fully saturated rings. The van der Waals surface area contributed by atoms with Gasteiger partial charge in [-0.15, -0.1) is 12.4 Å². The first-order valence-corrected chi connectivity index (χ1v) is 9.27. The van der Waals surface area contributed by atoms with Crippen LogP contribution in [-0.2, 0) is 0 Å². The van der Waals surface area contributed by atoms with Crippen LogP contribution < -0.4 is 20.1 Å². The summed E-state index contributed by atoms with van der Waals surface area (Å²) < 4.78 is 10.9. The van der Waals surface area contributed by atoms with Crippen LogP contribution in [-0.4, -0.2) is 48.7 Å². The Morgan fingerprint density at radius 2 is 2.07 bits per heavy atom. The molecule has 4 heterocycles. The van der Waals surface area contributed by atoms with Crippen molar-refractivity contribution in [3.05, 3.63) is 42.6 Å². The number of halogens is 1. The molecule has 8 heteroatoms. The quantitative estimate of drug-likeness (QED) is 0.815. The zero-order valence-electron chi connectivity index (χ0n) is 15.8. The SMILES string of the molecule is COc1cccc(Oc2ccc(NC(=O)N3C[C@H]4CC[C@@H](C3)NC4)cn2)c1.Cl. The summed E-state index contributed by atoms with van der Waals surface area (Å²) in [6.45, 7) is 2.57. The van der Waals surface area contributed by atoms with E-state index < -0.39 is 0 Å². The minimum Gasteiger partial charge on any atom is -0.497 e. The Morgan fingerprint density at radius 1 is 1.21 bits per heavy atom. The Morgan fingerprint density at radius 3 is 2.79 bits per heavy atom. The van der Waals surface area contributed by atoms with Crippen LogP contribution in [0.2, 0.25) is 0 Å². The van der Waals surface area contributed by atoms with E-state index in [1.54, 1.807) is 31.5 Å². The highest BCUT2D eigenvalue weighted by Crippen LogP contribution is 2.25. The van der Waals surface area contributed by atoms with Gasteiger partial charge in [0.2, 0.25) is 5.88 Å². The first-order chi connectivity index (χ1) is 13.2. The molecular weight excluding hydrogens is 380 g/mol. The molecule has 0 spiro atoms. The molecule has 0 unspecified atom stereocenters. The second kappa shape index (κ2) is 9.12. The van der Waals surface area contributed by atoms with Crippen LogP contribution in [0.3, 0.4) is 0 Å². The lowest BCUT2D eigenvalue weighted by atomic mass is 9.97. The summed E-state index contributed by atoms with van der Waals surface area (Å²) in [5.74, 6) is 2.37. The normalized spacial score (nSPS) is 20.7. The zero-order valence-corrected chi connectivity index (χ0v) is 16.6. The van der Waals surface area contributed by atoms with Crippen molar-refractivity contribution in [2.45, 2.75) is 18.9 Å². The summed E-state index contributed by atoms with van der Waals surface area (Å²) in [7, 11) is 1.61. The van der Waals surface area contributed by atoms with Gasteiger partial charge in [0.25, 0.3) is 0 Å². The number of amides is 2. The summed E-state index contributed by atoms with van der Waals surface area (Å²) >= 11 is 0. The average molecular weight is 405 g/mol. The van der Waals surface area contributed by atoms with Crippen molar-refractivity contribution in [3.63, 3.8) is 0 Å². The predicted octanol–water partition coefficient (Wildman–Crippen LogP) is 3.52. The lowest BCUT2D eigenvalue weighted by Gasteiger charge is -2.23. The second-order valence-corrected chi connectivity index (χ2v) is 7.05. The van der Waals surface area contributed by atoms with E-state index >= 15 is 0 Å². The number of rotatable bonds is 4. The maximum Gasteiger partial charge on any atom is 0.321 e. The van der Waals surface area contributed by atoms with Gasteiger partial charge < -0.3 is 25.0 Å². The molecule has 2 bridgehead atoms. The fourth-order valence-corrected chi connectivity index (χ4v) is 3.61. The van der Waals surface area contributed by atoms with Crippen LogP contribution in [0.1, 0.15) is 12.8 Å². The number of carbonyl (C=O) groups is 1. The van der Waals surface area contributed by atoms with Crippen molar-refractivity contribution in [1.82, 2.24) is 15.2 Å². The van der Waals surface area contributed by atoms with E-state index in [1.807, 2.05) is 23.1 Å². The number of hydrogen-bond donors (Lipinski definition) is 2. The van der Waals surface area contributed by atoms with Gasteiger partial charge in [0.1, 0.15) is 11.5 Å². The molecule has 2 N–H and O–H groups in total. The van der Waals surface area contributed by atoms with E-state index in [9.17, 15) is 4.79 Å². The second-order valence-electron chi connectivity index (χ2n) is 7.05. The molecule has 2 aromatic rings. The van der Waals surface area contributed by atoms with Crippen molar-refractivity contribution in [2.75, 3.05) is 32.1 Å². The lowest BCUT2D eigenvalue weighted by Crippen LogP contribution is -2.41. The highest BCUT2D eigenvalue weighted by Gasteiger charge is 2.31. The molecule has 1 aromatic carbocycles. The van der Waals surface area contributed by atoms with Gasteiger partial charge in [0, 0.05) is 31.3 Å². The third kappa shape index (κ3) is 4.85. The Balaban J connectivity index is 0.00000225. The molecule has 5 rings (SSSR count). The highest BCUT2D eigenvalue weighted by atomic mass is 35.5. The zero-order chi connectivity index (χ0) is 18.6. The van der Waals surface area contributed by atoms with Gasteiger partial charge >= 0.3 is 6.03 Å². The van der Waals surface area contributed by atoms with Crippen LogP contribution >= 0.6 is 12.4 Å². The Bertz CT molecular complexity index is 780. The number of benzene rings is 1. The number of fused-ring (bicyclic) bond motifs is 4. The van der Waals surface area contributed by atoms with Crippen LogP contribution in [0.4, 0.5) is 10.5 Å². The van der Waals surface area contributed by atoms with Gasteiger partial charge in [0.05, 0.1) is 19.0 Å². The average Bonchev–Trinajstić information content (AvgIpc) is 3.04. The number of piperidine rings is 1. The predicted molar refractivity (Wildman–Crippen MR) is 110 cm³/mol. The number of nitrogens with one attached hydrogen (secondary N) is 2. The highest BCUT2D eigenvalue weighted by molar-refractivity contribution is 5.89. The number of ether oxygens (including phenoxy) is 2. The van der Waals surface area contributed by atoms with Crippen molar-refractivity contribution < 1.29 is 14.3 Å². The third-order valence-corrected chi connectivity index (χ3v) is 5.08. The minimum atomic E-state index is -0.0705. The van der Waals surface area contributed by atoms with Crippen molar-refractivity contribution >= 4 is 24.1 Å². The molecule has 2 amide bonds. The Hall–Kier alpha value is -2.51. The van der Waals surface area contributed by atoms with Gasteiger partial charge in [-0.1, -0.05) is 6.07 Å². The van der Waals surface area contributed by atoms with Gasteiger partial charge in [-0.2, -0.15) is 0 Å². The summed E-state index contributed by atoms with van der Waals surface area (Å²) in [5, 5.41) is 6.45. The largest absolute Gasteiger partial charge is 0.497 e. The monoisotopic (exact) mass is 404 g/mol.